The lowest BCUT2D eigenvalue weighted by molar-refractivity contribution is -0.139. The highest BCUT2D eigenvalue weighted by Gasteiger charge is 2.01. The van der Waals surface area contributed by atoms with Gasteiger partial charge < -0.3 is 4.74 Å². The summed E-state index contributed by atoms with van der Waals surface area (Å²) in [6, 6.07) is 0. The molecule has 0 radical (unpaired) electrons. The molecule has 3 heteroatoms. The number of hydrogen-bond donors (Lipinski definition) is 0. The van der Waals surface area contributed by atoms with Crippen molar-refractivity contribution in [2.24, 2.45) is 0 Å². The third kappa shape index (κ3) is 19.9. The summed E-state index contributed by atoms with van der Waals surface area (Å²) in [4.78, 5) is 11.2. The Morgan fingerprint density at radius 3 is 1.62 bits per heavy atom. The van der Waals surface area contributed by atoms with Gasteiger partial charge in [-0.15, -0.1) is 0 Å². The zero-order chi connectivity index (χ0) is 19.3. The minimum absolute atomic E-state index is 0.256. The second-order valence-corrected chi connectivity index (χ2v) is 8.70. The second-order valence-electron chi connectivity index (χ2n) is 7.48. The Morgan fingerprint density at radius 1 is 0.731 bits per heavy atom. The second kappa shape index (κ2) is 20.9. The summed E-state index contributed by atoms with van der Waals surface area (Å²) in [5, 5.41) is 0. The van der Waals surface area contributed by atoms with Gasteiger partial charge in [-0.25, -0.2) is 4.79 Å². The number of rotatable bonds is 20. The highest BCUT2D eigenvalue weighted by Crippen LogP contribution is 2.14. The number of carbonyl (C=O) groups is 1. The SMILES string of the molecule is C=C(C)C(=O)OCCCCCCCSCCCCCCCCCCCC. The number of esters is 1. The van der Waals surface area contributed by atoms with Gasteiger partial charge in [0.05, 0.1) is 6.61 Å². The van der Waals surface area contributed by atoms with Gasteiger partial charge in [0.25, 0.3) is 0 Å². The molecule has 0 aromatic carbocycles. The van der Waals surface area contributed by atoms with E-state index in [4.69, 9.17) is 4.74 Å². The maximum atomic E-state index is 11.2. The van der Waals surface area contributed by atoms with Crippen LogP contribution in [0.5, 0.6) is 0 Å². The van der Waals surface area contributed by atoms with E-state index in [1.165, 1.54) is 95.0 Å². The van der Waals surface area contributed by atoms with Gasteiger partial charge >= 0.3 is 5.97 Å². The molecule has 0 spiro atoms. The molecule has 0 saturated carbocycles. The Balaban J connectivity index is 3.05. The van der Waals surface area contributed by atoms with Crippen LogP contribution >= 0.6 is 11.8 Å². The van der Waals surface area contributed by atoms with Crippen molar-refractivity contribution >= 4 is 17.7 Å². The van der Waals surface area contributed by atoms with E-state index in [1.807, 2.05) is 0 Å². The Kier molecular flexibility index (Phi) is 20.5. The minimum atomic E-state index is -0.256. The number of carbonyl (C=O) groups excluding carboxylic acids is 1. The lowest BCUT2D eigenvalue weighted by atomic mass is 10.1. The zero-order valence-corrected chi connectivity index (χ0v) is 18.5. The largest absolute Gasteiger partial charge is 0.462 e. The standard InChI is InChI=1S/C23H44O2S/c1-4-5-6-7-8-9-10-11-14-17-20-26-21-18-15-12-13-16-19-25-23(24)22(2)3/h2,4-21H2,1,3H3. The summed E-state index contributed by atoms with van der Waals surface area (Å²) in [6.07, 6.45) is 20.3. The van der Waals surface area contributed by atoms with E-state index >= 15 is 0 Å². The predicted molar refractivity (Wildman–Crippen MR) is 118 cm³/mol. The van der Waals surface area contributed by atoms with Crippen molar-refractivity contribution in [2.75, 3.05) is 18.1 Å². The summed E-state index contributed by atoms with van der Waals surface area (Å²) in [5.41, 5.74) is 0.490. The molecule has 0 amide bonds. The van der Waals surface area contributed by atoms with Crippen LogP contribution in [0.4, 0.5) is 0 Å². The summed E-state index contributed by atoms with van der Waals surface area (Å²) >= 11 is 2.13. The van der Waals surface area contributed by atoms with Gasteiger partial charge in [0.1, 0.15) is 0 Å². The monoisotopic (exact) mass is 384 g/mol. The quantitative estimate of drug-likeness (QED) is 0.122. The van der Waals surface area contributed by atoms with Crippen LogP contribution in [0.1, 0.15) is 110 Å². The van der Waals surface area contributed by atoms with Gasteiger partial charge in [0.15, 0.2) is 0 Å². The Morgan fingerprint density at radius 2 is 1.15 bits per heavy atom. The van der Waals surface area contributed by atoms with Crippen LogP contribution in [0, 0.1) is 0 Å². The van der Waals surface area contributed by atoms with Crippen LogP contribution in [-0.4, -0.2) is 24.1 Å². The van der Waals surface area contributed by atoms with Gasteiger partial charge in [-0.2, -0.15) is 11.8 Å². The molecule has 0 unspecified atom stereocenters. The van der Waals surface area contributed by atoms with Gasteiger partial charge in [0, 0.05) is 5.57 Å². The third-order valence-electron chi connectivity index (χ3n) is 4.66. The zero-order valence-electron chi connectivity index (χ0n) is 17.7. The third-order valence-corrected chi connectivity index (χ3v) is 5.81. The van der Waals surface area contributed by atoms with Crippen LogP contribution in [0.3, 0.4) is 0 Å². The molecule has 0 aliphatic rings. The molecule has 0 atom stereocenters. The van der Waals surface area contributed by atoms with Gasteiger partial charge in [-0.3, -0.25) is 0 Å². The summed E-state index contributed by atoms with van der Waals surface area (Å²) in [6.45, 7) is 8.09. The molecule has 0 rings (SSSR count). The van der Waals surface area contributed by atoms with Crippen molar-refractivity contribution in [1.82, 2.24) is 0 Å². The van der Waals surface area contributed by atoms with E-state index < -0.39 is 0 Å². The van der Waals surface area contributed by atoms with Crippen LogP contribution in [0.2, 0.25) is 0 Å². The molecule has 0 N–H and O–H groups in total. The lowest BCUT2D eigenvalue weighted by Gasteiger charge is -2.05. The topological polar surface area (TPSA) is 26.3 Å². The van der Waals surface area contributed by atoms with E-state index in [0.29, 0.717) is 12.2 Å². The van der Waals surface area contributed by atoms with E-state index in [-0.39, 0.29) is 5.97 Å². The first kappa shape index (κ1) is 25.6. The summed E-state index contributed by atoms with van der Waals surface area (Å²) < 4.78 is 5.09. The Bertz CT molecular complexity index is 328. The first-order valence-electron chi connectivity index (χ1n) is 11.1. The molecule has 0 aliphatic heterocycles. The van der Waals surface area contributed by atoms with Crippen molar-refractivity contribution in [1.29, 1.82) is 0 Å². The Labute approximate surface area is 167 Å². The molecule has 0 saturated heterocycles. The molecule has 0 aromatic heterocycles. The molecular weight excluding hydrogens is 340 g/mol. The molecule has 0 bridgehead atoms. The number of hydrogen-bond acceptors (Lipinski definition) is 3. The number of unbranched alkanes of at least 4 members (excludes halogenated alkanes) is 13. The molecule has 0 heterocycles. The maximum absolute atomic E-state index is 11.2. The Hall–Kier alpha value is -0.440. The number of ether oxygens (including phenoxy) is 1. The van der Waals surface area contributed by atoms with Crippen molar-refractivity contribution in [3.05, 3.63) is 12.2 Å². The average molecular weight is 385 g/mol. The fraction of sp³-hybridized carbons (Fsp3) is 0.870. The molecule has 0 aromatic rings. The predicted octanol–water partition coefficient (Wildman–Crippen LogP) is 7.71. The lowest BCUT2D eigenvalue weighted by Crippen LogP contribution is -2.05. The van der Waals surface area contributed by atoms with Crippen molar-refractivity contribution in [2.45, 2.75) is 110 Å². The molecule has 26 heavy (non-hydrogen) atoms. The summed E-state index contributed by atoms with van der Waals surface area (Å²) in [5.74, 6) is 2.39. The minimum Gasteiger partial charge on any atom is -0.462 e. The smallest absolute Gasteiger partial charge is 0.333 e. The first-order chi connectivity index (χ1) is 12.7. The van der Waals surface area contributed by atoms with E-state index in [1.54, 1.807) is 6.92 Å². The van der Waals surface area contributed by atoms with Crippen molar-refractivity contribution in [3.63, 3.8) is 0 Å². The van der Waals surface area contributed by atoms with E-state index in [9.17, 15) is 4.79 Å². The van der Waals surface area contributed by atoms with Crippen molar-refractivity contribution < 1.29 is 9.53 Å². The fourth-order valence-electron chi connectivity index (χ4n) is 2.92. The maximum Gasteiger partial charge on any atom is 0.333 e. The van der Waals surface area contributed by atoms with Gasteiger partial charge in [-0.1, -0.05) is 90.6 Å². The van der Waals surface area contributed by atoms with Gasteiger partial charge in [0.2, 0.25) is 0 Å². The first-order valence-corrected chi connectivity index (χ1v) is 12.2. The molecule has 0 fully saturated rings. The molecular formula is C23H44O2S. The van der Waals surface area contributed by atoms with Crippen LogP contribution in [0.25, 0.3) is 0 Å². The molecule has 2 nitrogen and oxygen atoms in total. The molecule has 0 aliphatic carbocycles. The highest BCUT2D eigenvalue weighted by atomic mass is 32.2. The molecule has 154 valence electrons. The normalized spacial score (nSPS) is 10.8. The fourth-order valence-corrected chi connectivity index (χ4v) is 3.94. The van der Waals surface area contributed by atoms with E-state index in [2.05, 4.69) is 25.3 Å². The highest BCUT2D eigenvalue weighted by molar-refractivity contribution is 7.99. The van der Waals surface area contributed by atoms with Crippen molar-refractivity contribution in [3.8, 4) is 0 Å². The van der Waals surface area contributed by atoms with Gasteiger partial charge in [-0.05, 0) is 37.7 Å². The summed E-state index contributed by atoms with van der Waals surface area (Å²) in [7, 11) is 0. The average Bonchev–Trinajstić information content (AvgIpc) is 2.63. The van der Waals surface area contributed by atoms with Crippen LogP contribution in [-0.2, 0) is 9.53 Å². The van der Waals surface area contributed by atoms with E-state index in [0.717, 1.165) is 12.8 Å². The number of thioether (sulfide) groups is 1. The van der Waals surface area contributed by atoms with Crippen LogP contribution < -0.4 is 0 Å². The van der Waals surface area contributed by atoms with Crippen LogP contribution in [0.15, 0.2) is 12.2 Å².